The molecule has 0 radical (unpaired) electrons. The molecule has 6 nitrogen and oxygen atoms in total. The van der Waals surface area contributed by atoms with Crippen LogP contribution < -0.4 is 4.74 Å². The van der Waals surface area contributed by atoms with E-state index in [2.05, 4.69) is 9.97 Å². The van der Waals surface area contributed by atoms with Gasteiger partial charge in [-0.05, 0) is 13.8 Å². The maximum atomic E-state index is 11.6. The van der Waals surface area contributed by atoms with Crippen molar-refractivity contribution in [3.8, 4) is 5.88 Å². The molecule has 0 aliphatic heterocycles. The second kappa shape index (κ2) is 4.58. The molecule has 0 fully saturated rings. The van der Waals surface area contributed by atoms with Crippen molar-refractivity contribution in [1.82, 2.24) is 9.97 Å². The molecule has 1 rings (SSSR count). The summed E-state index contributed by atoms with van der Waals surface area (Å²) in [5.74, 6) is 0.122. The highest BCUT2D eigenvalue weighted by Crippen LogP contribution is 2.34. The van der Waals surface area contributed by atoms with Gasteiger partial charge in [0.05, 0.1) is 11.9 Å². The van der Waals surface area contributed by atoms with Gasteiger partial charge < -0.3 is 9.84 Å². The number of sulfone groups is 1. The van der Waals surface area contributed by atoms with Gasteiger partial charge in [0, 0.05) is 18.6 Å². The van der Waals surface area contributed by atoms with Crippen molar-refractivity contribution in [2.75, 3.05) is 13.4 Å². The van der Waals surface area contributed by atoms with Crippen LogP contribution in [0.1, 0.15) is 25.6 Å². The smallest absolute Gasteiger partial charge is 0.238 e. The van der Waals surface area contributed by atoms with Crippen LogP contribution >= 0.6 is 0 Å². The van der Waals surface area contributed by atoms with E-state index in [4.69, 9.17) is 4.74 Å². The Kier molecular flexibility index (Phi) is 3.73. The van der Waals surface area contributed by atoms with Gasteiger partial charge in [0.15, 0.2) is 9.84 Å². The van der Waals surface area contributed by atoms with Crippen LogP contribution in [0.4, 0.5) is 0 Å². The van der Waals surface area contributed by atoms with Crippen molar-refractivity contribution in [2.24, 2.45) is 0 Å². The van der Waals surface area contributed by atoms with Gasteiger partial charge in [0.25, 0.3) is 0 Å². The standard InChI is InChI=1S/C10H16N2O4S/c1-10(2,17(4,14)15)8(13)7-9(16-3)12-6-5-11-7/h5-6,8,13H,1-4H3. The molecule has 0 bridgehead atoms. The van der Waals surface area contributed by atoms with Gasteiger partial charge in [-0.3, -0.25) is 4.98 Å². The van der Waals surface area contributed by atoms with Crippen LogP contribution in [0.3, 0.4) is 0 Å². The predicted molar refractivity (Wildman–Crippen MR) is 62.5 cm³/mol. The monoisotopic (exact) mass is 260 g/mol. The minimum atomic E-state index is -3.45. The number of aliphatic hydroxyl groups is 1. The van der Waals surface area contributed by atoms with E-state index >= 15 is 0 Å². The van der Waals surface area contributed by atoms with Crippen LogP contribution in [0.15, 0.2) is 12.4 Å². The van der Waals surface area contributed by atoms with Crippen LogP contribution in [-0.4, -0.2) is 41.6 Å². The first kappa shape index (κ1) is 13.9. The quantitative estimate of drug-likeness (QED) is 0.839. The van der Waals surface area contributed by atoms with Gasteiger partial charge in [-0.2, -0.15) is 0 Å². The van der Waals surface area contributed by atoms with Crippen molar-refractivity contribution >= 4 is 9.84 Å². The zero-order valence-electron chi connectivity index (χ0n) is 10.2. The van der Waals surface area contributed by atoms with E-state index < -0.39 is 20.7 Å². The number of hydrogen-bond donors (Lipinski definition) is 1. The summed E-state index contributed by atoms with van der Waals surface area (Å²) in [4.78, 5) is 7.80. The molecule has 1 aromatic heterocycles. The molecule has 0 aromatic carbocycles. The van der Waals surface area contributed by atoms with Crippen LogP contribution in [0.25, 0.3) is 0 Å². The van der Waals surface area contributed by atoms with Crippen LogP contribution in [0, 0.1) is 0 Å². The molecule has 7 heteroatoms. The summed E-state index contributed by atoms with van der Waals surface area (Å²) in [6, 6.07) is 0. The van der Waals surface area contributed by atoms with E-state index in [1.807, 2.05) is 0 Å². The average molecular weight is 260 g/mol. The van der Waals surface area contributed by atoms with Gasteiger partial charge in [-0.25, -0.2) is 13.4 Å². The lowest BCUT2D eigenvalue weighted by molar-refractivity contribution is 0.130. The fourth-order valence-electron chi connectivity index (χ4n) is 1.21. The van der Waals surface area contributed by atoms with Crippen LogP contribution in [0.2, 0.25) is 0 Å². The lowest BCUT2D eigenvalue weighted by atomic mass is 10.0. The normalized spacial score (nSPS) is 14.4. The maximum Gasteiger partial charge on any atom is 0.238 e. The number of nitrogens with zero attached hydrogens (tertiary/aromatic N) is 2. The molecule has 0 amide bonds. The Bertz CT molecular complexity index is 499. The van der Waals surface area contributed by atoms with Gasteiger partial charge in [-0.1, -0.05) is 0 Å². The minimum Gasteiger partial charge on any atom is -0.480 e. The molecule has 1 atom stereocenters. The highest BCUT2D eigenvalue weighted by Gasteiger charge is 2.41. The van der Waals surface area contributed by atoms with E-state index in [0.29, 0.717) is 0 Å². The minimum absolute atomic E-state index is 0.116. The van der Waals surface area contributed by atoms with E-state index in [1.165, 1.54) is 33.4 Å². The van der Waals surface area contributed by atoms with E-state index in [0.717, 1.165) is 6.26 Å². The molecule has 0 saturated heterocycles. The molecule has 1 aromatic rings. The zero-order chi connectivity index (χ0) is 13.3. The summed E-state index contributed by atoms with van der Waals surface area (Å²) in [6.07, 6.45) is 2.54. The first-order valence-corrected chi connectivity index (χ1v) is 6.83. The molecule has 1 unspecified atom stereocenters. The van der Waals surface area contributed by atoms with E-state index in [9.17, 15) is 13.5 Å². The first-order chi connectivity index (χ1) is 7.71. The Morgan fingerprint density at radius 3 is 2.35 bits per heavy atom. The second-order valence-electron chi connectivity index (χ2n) is 4.23. The van der Waals surface area contributed by atoms with Crippen LogP contribution in [-0.2, 0) is 9.84 Å². The molecule has 17 heavy (non-hydrogen) atoms. The highest BCUT2D eigenvalue weighted by atomic mass is 32.2. The summed E-state index contributed by atoms with van der Waals surface area (Å²) in [6.45, 7) is 2.86. The third-order valence-electron chi connectivity index (χ3n) is 2.76. The number of aliphatic hydroxyl groups excluding tert-OH is 1. The van der Waals surface area contributed by atoms with Crippen molar-refractivity contribution in [1.29, 1.82) is 0 Å². The molecule has 0 saturated carbocycles. The van der Waals surface area contributed by atoms with E-state index in [-0.39, 0.29) is 11.6 Å². The zero-order valence-corrected chi connectivity index (χ0v) is 11.0. The summed E-state index contributed by atoms with van der Waals surface area (Å²) >= 11 is 0. The number of hydrogen-bond acceptors (Lipinski definition) is 6. The number of ether oxygens (including phenoxy) is 1. The fourth-order valence-corrected chi connectivity index (χ4v) is 1.73. The Morgan fingerprint density at radius 2 is 1.88 bits per heavy atom. The van der Waals surface area contributed by atoms with Gasteiger partial charge >= 0.3 is 0 Å². The molecule has 1 heterocycles. The summed E-state index contributed by atoms with van der Waals surface area (Å²) in [7, 11) is -2.07. The third-order valence-corrected chi connectivity index (χ3v) is 4.89. The molecule has 0 spiro atoms. The fraction of sp³-hybridized carbons (Fsp3) is 0.600. The number of aromatic nitrogens is 2. The molecular formula is C10H16N2O4S. The highest BCUT2D eigenvalue weighted by molar-refractivity contribution is 7.92. The Morgan fingerprint density at radius 1 is 1.35 bits per heavy atom. The van der Waals surface area contributed by atoms with E-state index in [1.54, 1.807) is 0 Å². The van der Waals surface area contributed by atoms with Crippen molar-refractivity contribution in [2.45, 2.75) is 24.7 Å². The topological polar surface area (TPSA) is 89.4 Å². The van der Waals surface area contributed by atoms with Crippen LogP contribution in [0.5, 0.6) is 5.88 Å². The maximum absolute atomic E-state index is 11.6. The summed E-state index contributed by atoms with van der Waals surface area (Å²) in [5.41, 5.74) is 0.116. The molecular weight excluding hydrogens is 244 g/mol. The lowest BCUT2D eigenvalue weighted by Gasteiger charge is -2.28. The first-order valence-electron chi connectivity index (χ1n) is 4.94. The van der Waals surface area contributed by atoms with Crippen molar-refractivity contribution in [3.05, 3.63) is 18.1 Å². The predicted octanol–water partition coefficient (Wildman–Crippen LogP) is 0.342. The van der Waals surface area contributed by atoms with Crippen molar-refractivity contribution in [3.63, 3.8) is 0 Å². The summed E-state index contributed by atoms with van der Waals surface area (Å²) in [5, 5.41) is 10.1. The molecule has 0 aliphatic rings. The Hall–Kier alpha value is -1.21. The van der Waals surface area contributed by atoms with Gasteiger partial charge in [-0.15, -0.1) is 0 Å². The largest absolute Gasteiger partial charge is 0.480 e. The molecule has 1 N–H and O–H groups in total. The molecule has 96 valence electrons. The lowest BCUT2D eigenvalue weighted by Crippen LogP contribution is -2.38. The SMILES string of the molecule is COc1nccnc1C(O)C(C)(C)S(C)(=O)=O. The summed E-state index contributed by atoms with van der Waals surface area (Å²) < 4.78 is 26.8. The third kappa shape index (κ3) is 2.55. The number of methoxy groups -OCH3 is 1. The van der Waals surface area contributed by atoms with Gasteiger partial charge in [0.1, 0.15) is 11.8 Å². The molecule has 0 aliphatic carbocycles. The van der Waals surface area contributed by atoms with Gasteiger partial charge in [0.2, 0.25) is 5.88 Å². The van der Waals surface area contributed by atoms with Crippen molar-refractivity contribution < 1.29 is 18.3 Å². The second-order valence-corrected chi connectivity index (χ2v) is 6.83. The Balaban J connectivity index is 3.26. The Labute approximate surface area is 101 Å². The average Bonchev–Trinajstić information content (AvgIpc) is 2.26. The number of rotatable bonds is 4.